The number of thiophene rings is 1. The van der Waals surface area contributed by atoms with Crippen molar-refractivity contribution >= 4 is 17.2 Å². The molecule has 0 atom stereocenters. The molecule has 3 aromatic rings. The molecule has 0 aliphatic carbocycles. The van der Waals surface area contributed by atoms with Gasteiger partial charge < -0.3 is 14.3 Å². The van der Waals surface area contributed by atoms with E-state index in [1.807, 2.05) is 29.6 Å². The third kappa shape index (κ3) is 4.41. The Morgan fingerprint density at radius 3 is 2.75 bits per heavy atom. The normalized spacial score (nSPS) is 10.6. The van der Waals surface area contributed by atoms with Crippen molar-refractivity contribution in [3.63, 3.8) is 0 Å². The Hall–Kier alpha value is -3.11. The molecule has 6 nitrogen and oxygen atoms in total. The second-order valence-corrected chi connectivity index (χ2v) is 7.61. The Morgan fingerprint density at radius 2 is 2.11 bits per heavy atom. The number of nitrogens with one attached hydrogen (secondary N) is 1. The van der Waals surface area contributed by atoms with Gasteiger partial charge in [-0.25, -0.2) is 0 Å². The van der Waals surface area contributed by atoms with E-state index in [2.05, 4.69) is 4.98 Å². The Balaban J connectivity index is 1.77. The molecule has 0 saturated heterocycles. The average Bonchev–Trinajstić information content (AvgIpc) is 3.35. The van der Waals surface area contributed by atoms with Crippen LogP contribution >= 0.6 is 11.3 Å². The summed E-state index contributed by atoms with van der Waals surface area (Å²) < 4.78 is 5.41. The van der Waals surface area contributed by atoms with E-state index in [1.54, 1.807) is 42.4 Å². The lowest BCUT2D eigenvalue weighted by atomic mass is 9.99. The largest absolute Gasteiger partial charge is 0.467 e. The molecule has 0 aliphatic rings. The third-order valence-corrected chi connectivity index (χ3v) is 5.58. The molecule has 0 unspecified atom stereocenters. The van der Waals surface area contributed by atoms with E-state index in [0.29, 0.717) is 30.8 Å². The van der Waals surface area contributed by atoms with Crippen LogP contribution in [0.3, 0.4) is 0 Å². The molecule has 3 rings (SSSR count). The Kier molecular flexibility index (Phi) is 6.12. The van der Waals surface area contributed by atoms with Gasteiger partial charge in [0.1, 0.15) is 17.4 Å². The number of aromatic nitrogens is 1. The number of aromatic amines is 1. The van der Waals surface area contributed by atoms with Crippen LogP contribution in [0.4, 0.5) is 0 Å². The predicted octanol–water partition coefficient (Wildman–Crippen LogP) is 3.68. The maximum absolute atomic E-state index is 13.0. The average molecular weight is 395 g/mol. The first-order chi connectivity index (χ1) is 13.5. The Morgan fingerprint density at radius 1 is 1.29 bits per heavy atom. The SMILES string of the molecule is Cc1[nH]c(=O)c(C#N)c(C)c1CCC(=O)N(Cc1ccco1)Cc1cccs1. The van der Waals surface area contributed by atoms with Crippen LogP contribution < -0.4 is 5.56 Å². The lowest BCUT2D eigenvalue weighted by Crippen LogP contribution is -2.30. The standard InChI is InChI=1S/C21H21N3O3S/c1-14-18(15(2)23-21(26)19(14)11-22)7-8-20(25)24(12-16-5-3-9-27-16)13-17-6-4-10-28-17/h3-6,9-10H,7-8,12-13H2,1-2H3,(H,23,26). The van der Waals surface area contributed by atoms with Gasteiger partial charge in [0.05, 0.1) is 19.4 Å². The van der Waals surface area contributed by atoms with Crippen LogP contribution in [-0.4, -0.2) is 15.8 Å². The molecule has 0 bridgehead atoms. The minimum atomic E-state index is -0.385. The summed E-state index contributed by atoms with van der Waals surface area (Å²) in [6, 6.07) is 9.57. The smallest absolute Gasteiger partial charge is 0.266 e. The van der Waals surface area contributed by atoms with Gasteiger partial charge in [0.2, 0.25) is 5.91 Å². The number of hydrogen-bond acceptors (Lipinski definition) is 5. The van der Waals surface area contributed by atoms with Crippen LogP contribution in [0.5, 0.6) is 0 Å². The molecule has 3 heterocycles. The second-order valence-electron chi connectivity index (χ2n) is 6.58. The van der Waals surface area contributed by atoms with Crippen LogP contribution in [0.15, 0.2) is 45.1 Å². The highest BCUT2D eigenvalue weighted by Crippen LogP contribution is 2.19. The zero-order chi connectivity index (χ0) is 20.1. The van der Waals surface area contributed by atoms with Crippen LogP contribution in [0.25, 0.3) is 0 Å². The molecule has 1 amide bonds. The molecule has 0 aromatic carbocycles. The lowest BCUT2D eigenvalue weighted by Gasteiger charge is -2.21. The van der Waals surface area contributed by atoms with Crippen LogP contribution in [0.2, 0.25) is 0 Å². The van der Waals surface area contributed by atoms with E-state index in [-0.39, 0.29) is 23.5 Å². The Bertz CT molecular complexity index is 1010. The summed E-state index contributed by atoms with van der Waals surface area (Å²) >= 11 is 1.61. The number of furan rings is 1. The van der Waals surface area contributed by atoms with E-state index in [1.165, 1.54) is 0 Å². The van der Waals surface area contributed by atoms with Crippen molar-refractivity contribution in [2.45, 2.75) is 39.8 Å². The monoisotopic (exact) mass is 395 g/mol. The number of aryl methyl sites for hydroxylation is 1. The quantitative estimate of drug-likeness (QED) is 0.661. The summed E-state index contributed by atoms with van der Waals surface area (Å²) in [5.74, 6) is 0.724. The van der Waals surface area contributed by atoms with Crippen molar-refractivity contribution in [2.75, 3.05) is 0 Å². The van der Waals surface area contributed by atoms with Crippen molar-refractivity contribution in [1.29, 1.82) is 5.26 Å². The van der Waals surface area contributed by atoms with Crippen molar-refractivity contribution < 1.29 is 9.21 Å². The van der Waals surface area contributed by atoms with Crippen molar-refractivity contribution in [3.8, 4) is 6.07 Å². The van der Waals surface area contributed by atoms with Gasteiger partial charge in [-0.05, 0) is 55.0 Å². The number of pyridine rings is 1. The fourth-order valence-corrected chi connectivity index (χ4v) is 3.94. The highest BCUT2D eigenvalue weighted by Gasteiger charge is 2.19. The number of nitriles is 1. The molecule has 0 radical (unpaired) electrons. The lowest BCUT2D eigenvalue weighted by molar-refractivity contribution is -0.132. The first-order valence-electron chi connectivity index (χ1n) is 8.94. The summed E-state index contributed by atoms with van der Waals surface area (Å²) in [7, 11) is 0. The number of H-pyrrole nitrogens is 1. The van der Waals surface area contributed by atoms with Crippen molar-refractivity contribution in [1.82, 2.24) is 9.88 Å². The zero-order valence-corrected chi connectivity index (χ0v) is 16.6. The molecular formula is C21H21N3O3S. The highest BCUT2D eigenvalue weighted by atomic mass is 32.1. The maximum atomic E-state index is 13.0. The first-order valence-corrected chi connectivity index (χ1v) is 9.82. The summed E-state index contributed by atoms with van der Waals surface area (Å²) in [6.45, 7) is 4.47. The summed E-state index contributed by atoms with van der Waals surface area (Å²) in [4.78, 5) is 30.4. The number of amides is 1. The number of rotatable bonds is 7. The van der Waals surface area contributed by atoms with E-state index < -0.39 is 0 Å². The fraction of sp³-hybridized carbons (Fsp3) is 0.286. The van der Waals surface area contributed by atoms with Gasteiger partial charge in [0.15, 0.2) is 0 Å². The minimum Gasteiger partial charge on any atom is -0.467 e. The molecule has 144 valence electrons. The summed E-state index contributed by atoms with van der Waals surface area (Å²) in [5.41, 5.74) is 1.92. The minimum absolute atomic E-state index is 0.00620. The molecular weight excluding hydrogens is 374 g/mol. The van der Waals surface area contributed by atoms with Gasteiger partial charge in [0.25, 0.3) is 5.56 Å². The maximum Gasteiger partial charge on any atom is 0.266 e. The third-order valence-electron chi connectivity index (χ3n) is 4.72. The van der Waals surface area contributed by atoms with Gasteiger partial charge in [-0.2, -0.15) is 5.26 Å². The van der Waals surface area contributed by atoms with Crippen molar-refractivity contribution in [3.05, 3.63) is 79.3 Å². The number of nitrogens with zero attached hydrogens (tertiary/aromatic N) is 2. The topological polar surface area (TPSA) is 90.1 Å². The zero-order valence-electron chi connectivity index (χ0n) is 15.8. The van der Waals surface area contributed by atoms with Crippen LogP contribution in [0.1, 0.15) is 39.4 Å². The predicted molar refractivity (Wildman–Crippen MR) is 107 cm³/mol. The van der Waals surface area contributed by atoms with E-state index in [0.717, 1.165) is 16.2 Å². The van der Waals surface area contributed by atoms with E-state index in [4.69, 9.17) is 4.42 Å². The van der Waals surface area contributed by atoms with E-state index >= 15 is 0 Å². The molecule has 0 fully saturated rings. The van der Waals surface area contributed by atoms with Crippen LogP contribution in [0, 0.1) is 25.2 Å². The molecule has 3 aromatic heterocycles. The van der Waals surface area contributed by atoms with Crippen molar-refractivity contribution in [2.24, 2.45) is 0 Å². The second kappa shape index (κ2) is 8.72. The fourth-order valence-electron chi connectivity index (χ4n) is 3.22. The van der Waals surface area contributed by atoms with Gasteiger partial charge in [-0.1, -0.05) is 6.07 Å². The number of carbonyl (C=O) groups excluding carboxylic acids is 1. The Labute approximate surface area is 167 Å². The molecule has 0 saturated carbocycles. The molecule has 0 spiro atoms. The first kappa shape index (κ1) is 19.6. The summed E-state index contributed by atoms with van der Waals surface area (Å²) in [6.07, 6.45) is 2.34. The van der Waals surface area contributed by atoms with Gasteiger partial charge >= 0.3 is 0 Å². The summed E-state index contributed by atoms with van der Waals surface area (Å²) in [5, 5.41) is 11.2. The van der Waals surface area contributed by atoms with Gasteiger partial charge in [-0.3, -0.25) is 9.59 Å². The van der Waals surface area contributed by atoms with Gasteiger partial charge in [0, 0.05) is 17.0 Å². The molecule has 7 heteroatoms. The van der Waals surface area contributed by atoms with Gasteiger partial charge in [-0.15, -0.1) is 11.3 Å². The molecule has 1 N–H and O–H groups in total. The number of carbonyl (C=O) groups is 1. The number of hydrogen-bond donors (Lipinski definition) is 1. The van der Waals surface area contributed by atoms with E-state index in [9.17, 15) is 14.9 Å². The van der Waals surface area contributed by atoms with Crippen LogP contribution in [-0.2, 0) is 24.3 Å². The molecule has 28 heavy (non-hydrogen) atoms. The highest BCUT2D eigenvalue weighted by molar-refractivity contribution is 7.09. The molecule has 0 aliphatic heterocycles.